The molecule has 1 aliphatic rings. The van der Waals surface area contributed by atoms with Crippen LogP contribution in [-0.2, 0) is 4.79 Å². The molecule has 0 aliphatic carbocycles. The van der Waals surface area contributed by atoms with Crippen LogP contribution in [0.4, 0.5) is 0 Å². The van der Waals surface area contributed by atoms with Crippen LogP contribution in [-0.4, -0.2) is 24.4 Å². The second-order valence-electron chi connectivity index (χ2n) is 2.25. The van der Waals surface area contributed by atoms with Crippen molar-refractivity contribution in [2.75, 3.05) is 13.6 Å². The van der Waals surface area contributed by atoms with E-state index in [2.05, 4.69) is 6.92 Å². The molecular weight excluding hydrogens is 102 g/mol. The molecule has 1 fully saturated rings. The lowest BCUT2D eigenvalue weighted by atomic mass is 10.1. The molecule has 1 aliphatic heterocycles. The Labute approximate surface area is 49.5 Å². The van der Waals surface area contributed by atoms with Crippen molar-refractivity contribution >= 4 is 5.91 Å². The maximum absolute atomic E-state index is 10.8. The van der Waals surface area contributed by atoms with Gasteiger partial charge < -0.3 is 4.90 Å². The molecule has 1 radical (unpaired) electrons. The third kappa shape index (κ3) is 0.703. The van der Waals surface area contributed by atoms with Crippen molar-refractivity contribution in [1.82, 2.24) is 4.90 Å². The number of carbonyl (C=O) groups is 1. The molecule has 45 valence electrons. The lowest BCUT2D eigenvalue weighted by Gasteiger charge is -2.05. The number of rotatable bonds is 0. The first-order valence-corrected chi connectivity index (χ1v) is 2.80. The first kappa shape index (κ1) is 5.60. The Morgan fingerprint density at radius 3 is 2.62 bits per heavy atom. The van der Waals surface area contributed by atoms with Gasteiger partial charge in [-0.15, -0.1) is 0 Å². The molecule has 1 heterocycles. The molecule has 0 bridgehead atoms. The summed E-state index contributed by atoms with van der Waals surface area (Å²) in [7, 11) is 1.81. The number of carbonyl (C=O) groups excluding carboxylic acids is 1. The van der Waals surface area contributed by atoms with Crippen LogP contribution < -0.4 is 0 Å². The molecule has 1 amide bonds. The Morgan fingerprint density at radius 1 is 1.88 bits per heavy atom. The van der Waals surface area contributed by atoms with Crippen LogP contribution in [0.15, 0.2) is 0 Å². The Balaban J connectivity index is 2.57. The van der Waals surface area contributed by atoms with Crippen LogP contribution in [0.25, 0.3) is 0 Å². The van der Waals surface area contributed by atoms with E-state index in [0.29, 0.717) is 0 Å². The Bertz CT molecular complexity index is 99.1. The fraction of sp³-hybridized carbons (Fsp3) is 0.667. The van der Waals surface area contributed by atoms with E-state index < -0.39 is 0 Å². The summed E-state index contributed by atoms with van der Waals surface area (Å²) in [5.41, 5.74) is 0. The van der Waals surface area contributed by atoms with Crippen molar-refractivity contribution in [2.45, 2.75) is 6.42 Å². The number of likely N-dealkylation sites (tertiary alicyclic amines) is 1. The number of nitrogens with zero attached hydrogens (tertiary/aromatic N) is 1. The molecule has 1 rings (SSSR count). The molecule has 1 atom stereocenters. The number of amides is 1. The molecule has 2 nitrogen and oxygen atoms in total. The minimum absolute atomic E-state index is 0.0278. The number of hydrogen-bond donors (Lipinski definition) is 0. The van der Waals surface area contributed by atoms with E-state index in [4.69, 9.17) is 0 Å². The van der Waals surface area contributed by atoms with Gasteiger partial charge in [0.05, 0.1) is 0 Å². The lowest BCUT2D eigenvalue weighted by molar-refractivity contribution is -0.128. The third-order valence-electron chi connectivity index (χ3n) is 1.54. The largest absolute Gasteiger partial charge is 0.345 e. The molecule has 0 N–H and O–H groups in total. The van der Waals surface area contributed by atoms with Crippen molar-refractivity contribution in [3.05, 3.63) is 6.92 Å². The monoisotopic (exact) mass is 112 g/mol. The van der Waals surface area contributed by atoms with Crippen LogP contribution in [0.3, 0.4) is 0 Å². The second kappa shape index (κ2) is 1.77. The molecule has 0 spiro atoms. The van der Waals surface area contributed by atoms with Gasteiger partial charge in [-0.25, -0.2) is 0 Å². The maximum Gasteiger partial charge on any atom is 0.225 e. The molecule has 1 unspecified atom stereocenters. The van der Waals surface area contributed by atoms with E-state index in [-0.39, 0.29) is 11.8 Å². The summed E-state index contributed by atoms with van der Waals surface area (Å²) in [4.78, 5) is 12.5. The van der Waals surface area contributed by atoms with Crippen LogP contribution >= 0.6 is 0 Å². The van der Waals surface area contributed by atoms with Crippen LogP contribution in [0.2, 0.25) is 0 Å². The highest BCUT2D eigenvalue weighted by atomic mass is 16.2. The third-order valence-corrected chi connectivity index (χ3v) is 1.54. The molecule has 0 aromatic heterocycles. The van der Waals surface area contributed by atoms with Gasteiger partial charge in [-0.05, 0) is 13.3 Å². The van der Waals surface area contributed by atoms with Gasteiger partial charge in [0.2, 0.25) is 5.91 Å². The zero-order valence-electron chi connectivity index (χ0n) is 5.05. The number of hydrogen-bond acceptors (Lipinski definition) is 1. The average Bonchev–Trinajstić information content (AvgIpc) is 1.98. The van der Waals surface area contributed by atoms with Crippen LogP contribution in [0, 0.1) is 12.8 Å². The van der Waals surface area contributed by atoms with Gasteiger partial charge in [-0.1, -0.05) is 0 Å². The van der Waals surface area contributed by atoms with E-state index in [1.54, 1.807) is 4.90 Å². The zero-order valence-corrected chi connectivity index (χ0v) is 5.05. The Morgan fingerprint density at radius 2 is 2.50 bits per heavy atom. The molecule has 0 aromatic carbocycles. The highest BCUT2D eigenvalue weighted by Crippen LogP contribution is 2.13. The molecule has 0 saturated carbocycles. The van der Waals surface area contributed by atoms with Gasteiger partial charge in [0.1, 0.15) is 0 Å². The van der Waals surface area contributed by atoms with Gasteiger partial charge in [-0.2, -0.15) is 0 Å². The van der Waals surface area contributed by atoms with E-state index >= 15 is 0 Å². The summed E-state index contributed by atoms with van der Waals surface area (Å²) in [5.74, 6) is 0.213. The summed E-state index contributed by atoms with van der Waals surface area (Å²) < 4.78 is 0. The highest BCUT2D eigenvalue weighted by molar-refractivity contribution is 5.81. The van der Waals surface area contributed by atoms with Gasteiger partial charge in [-0.3, -0.25) is 4.79 Å². The molecule has 1 saturated heterocycles. The smallest absolute Gasteiger partial charge is 0.225 e. The summed E-state index contributed by atoms with van der Waals surface area (Å²) in [6.07, 6.45) is 0.926. The average molecular weight is 112 g/mol. The molecule has 8 heavy (non-hydrogen) atoms. The SMILES string of the molecule is [CH2]C1CCN(C)C1=O. The first-order chi connectivity index (χ1) is 3.72. The lowest BCUT2D eigenvalue weighted by Crippen LogP contribution is -2.21. The van der Waals surface area contributed by atoms with Crippen molar-refractivity contribution in [1.29, 1.82) is 0 Å². The van der Waals surface area contributed by atoms with Crippen molar-refractivity contribution in [2.24, 2.45) is 5.92 Å². The standard InChI is InChI=1S/C6H10NO/c1-5-3-4-7(2)6(5)8/h5H,1,3-4H2,2H3. The Kier molecular flexibility index (Phi) is 1.24. The van der Waals surface area contributed by atoms with Gasteiger partial charge in [0, 0.05) is 19.5 Å². The van der Waals surface area contributed by atoms with Gasteiger partial charge in [0.15, 0.2) is 0 Å². The fourth-order valence-corrected chi connectivity index (χ4v) is 0.895. The molecular formula is C6H10NO. The van der Waals surface area contributed by atoms with Gasteiger partial charge in [0.25, 0.3) is 0 Å². The minimum Gasteiger partial charge on any atom is -0.345 e. The van der Waals surface area contributed by atoms with Crippen molar-refractivity contribution in [3.8, 4) is 0 Å². The Hall–Kier alpha value is -0.530. The maximum atomic E-state index is 10.8. The zero-order chi connectivity index (χ0) is 6.15. The summed E-state index contributed by atoms with van der Waals surface area (Å²) in [6, 6.07) is 0. The van der Waals surface area contributed by atoms with E-state index in [9.17, 15) is 4.79 Å². The normalized spacial score (nSPS) is 29.5. The van der Waals surface area contributed by atoms with E-state index in [1.165, 1.54) is 0 Å². The predicted octanol–water partition coefficient (Wildman–Crippen LogP) is 0.299. The highest BCUT2D eigenvalue weighted by Gasteiger charge is 2.23. The summed E-state index contributed by atoms with van der Waals surface area (Å²) >= 11 is 0. The van der Waals surface area contributed by atoms with Crippen LogP contribution in [0.5, 0.6) is 0 Å². The predicted molar refractivity (Wildman–Crippen MR) is 31.1 cm³/mol. The summed E-state index contributed by atoms with van der Waals surface area (Å²) in [6.45, 7) is 4.56. The topological polar surface area (TPSA) is 20.3 Å². The van der Waals surface area contributed by atoms with Crippen LogP contribution in [0.1, 0.15) is 6.42 Å². The van der Waals surface area contributed by atoms with E-state index in [0.717, 1.165) is 13.0 Å². The molecule has 2 heteroatoms. The second-order valence-corrected chi connectivity index (χ2v) is 2.25. The quantitative estimate of drug-likeness (QED) is 0.441. The molecule has 0 aromatic rings. The van der Waals surface area contributed by atoms with Crippen molar-refractivity contribution < 1.29 is 4.79 Å². The van der Waals surface area contributed by atoms with Gasteiger partial charge >= 0.3 is 0 Å². The fourth-order valence-electron chi connectivity index (χ4n) is 0.895. The van der Waals surface area contributed by atoms with Crippen molar-refractivity contribution in [3.63, 3.8) is 0 Å². The minimum atomic E-state index is 0.0278. The first-order valence-electron chi connectivity index (χ1n) is 2.80. The van der Waals surface area contributed by atoms with E-state index in [1.807, 2.05) is 7.05 Å². The summed E-state index contributed by atoms with van der Waals surface area (Å²) in [5, 5.41) is 0.